The molecular weight excluding hydrogens is 268 g/mol. The van der Waals surface area contributed by atoms with Crippen molar-refractivity contribution in [3.05, 3.63) is 36.0 Å². The third-order valence-electron chi connectivity index (χ3n) is 3.75. The summed E-state index contributed by atoms with van der Waals surface area (Å²) in [7, 11) is 1.68. The number of carboxylic acid groups (broad SMARTS) is 1. The Morgan fingerprint density at radius 1 is 1.43 bits per heavy atom. The number of nitrogens with zero attached hydrogens (tertiary/aromatic N) is 2. The molecule has 0 spiro atoms. The maximum atomic E-state index is 11.3. The molecule has 0 amide bonds. The zero-order valence-corrected chi connectivity index (χ0v) is 12.0. The Morgan fingerprint density at radius 2 is 2.19 bits per heavy atom. The van der Waals surface area contributed by atoms with E-state index in [1.165, 1.54) is 0 Å². The summed E-state index contributed by atoms with van der Waals surface area (Å²) in [5, 5.41) is 10.3. The van der Waals surface area contributed by atoms with E-state index in [4.69, 9.17) is 4.74 Å². The first-order chi connectivity index (χ1) is 10.2. The molecule has 1 N–H and O–H groups in total. The van der Waals surface area contributed by atoms with Crippen LogP contribution in [0.2, 0.25) is 0 Å². The molecule has 0 unspecified atom stereocenters. The van der Waals surface area contributed by atoms with Crippen molar-refractivity contribution in [1.29, 1.82) is 0 Å². The Bertz CT molecular complexity index is 668. The van der Waals surface area contributed by atoms with Crippen LogP contribution in [0.4, 0.5) is 5.69 Å². The molecule has 5 heteroatoms. The second-order valence-electron chi connectivity index (χ2n) is 5.27. The van der Waals surface area contributed by atoms with Gasteiger partial charge in [-0.05, 0) is 25.0 Å². The number of pyridine rings is 1. The van der Waals surface area contributed by atoms with Gasteiger partial charge in [0.15, 0.2) is 5.69 Å². The Hall–Kier alpha value is -2.14. The van der Waals surface area contributed by atoms with Crippen molar-refractivity contribution in [3.8, 4) is 0 Å². The topological polar surface area (TPSA) is 62.7 Å². The van der Waals surface area contributed by atoms with Crippen LogP contribution in [0.1, 0.15) is 23.3 Å². The number of para-hydroxylation sites is 1. The van der Waals surface area contributed by atoms with Crippen LogP contribution in [0.3, 0.4) is 0 Å². The first-order valence-electron chi connectivity index (χ1n) is 7.09. The first-order valence-corrected chi connectivity index (χ1v) is 7.09. The second-order valence-corrected chi connectivity index (χ2v) is 5.27. The van der Waals surface area contributed by atoms with Gasteiger partial charge in [-0.1, -0.05) is 18.2 Å². The molecule has 21 heavy (non-hydrogen) atoms. The van der Waals surface area contributed by atoms with Crippen LogP contribution in [0, 0.1) is 0 Å². The van der Waals surface area contributed by atoms with Crippen LogP contribution in [0.5, 0.6) is 0 Å². The second kappa shape index (κ2) is 5.69. The van der Waals surface area contributed by atoms with E-state index in [1.807, 2.05) is 24.3 Å². The number of methoxy groups -OCH3 is 1. The Balaban J connectivity index is 2.11. The monoisotopic (exact) mass is 286 g/mol. The fourth-order valence-corrected chi connectivity index (χ4v) is 2.58. The number of aromatic nitrogens is 1. The summed E-state index contributed by atoms with van der Waals surface area (Å²) in [5.74, 6) is -0.996. The summed E-state index contributed by atoms with van der Waals surface area (Å²) in [6, 6.07) is 9.83. The first kappa shape index (κ1) is 13.8. The number of anilines is 1. The molecule has 0 radical (unpaired) electrons. The van der Waals surface area contributed by atoms with Gasteiger partial charge in [-0.15, -0.1) is 0 Å². The molecule has 1 fully saturated rings. The van der Waals surface area contributed by atoms with Crippen molar-refractivity contribution in [1.82, 2.24) is 4.98 Å². The van der Waals surface area contributed by atoms with Crippen LogP contribution < -0.4 is 4.90 Å². The van der Waals surface area contributed by atoms with E-state index in [0.717, 1.165) is 36.0 Å². The van der Waals surface area contributed by atoms with E-state index in [1.54, 1.807) is 13.2 Å². The SMILES string of the molecule is COCCN(c1cc(C(=O)O)nc2ccccc12)C1CC1. The number of carbonyl (C=O) groups is 1. The van der Waals surface area contributed by atoms with Gasteiger partial charge in [-0.2, -0.15) is 0 Å². The lowest BCUT2D eigenvalue weighted by atomic mass is 10.1. The zero-order chi connectivity index (χ0) is 14.8. The summed E-state index contributed by atoms with van der Waals surface area (Å²) in [6.45, 7) is 1.38. The van der Waals surface area contributed by atoms with E-state index in [9.17, 15) is 9.90 Å². The van der Waals surface area contributed by atoms with Crippen LogP contribution >= 0.6 is 0 Å². The predicted octanol–water partition coefficient (Wildman–Crippen LogP) is 2.55. The number of aromatic carboxylic acids is 1. The van der Waals surface area contributed by atoms with Crippen LogP contribution in [-0.4, -0.2) is 42.4 Å². The maximum absolute atomic E-state index is 11.3. The number of hydrogen-bond donors (Lipinski definition) is 1. The fraction of sp³-hybridized carbons (Fsp3) is 0.375. The van der Waals surface area contributed by atoms with Gasteiger partial charge in [0, 0.05) is 30.8 Å². The van der Waals surface area contributed by atoms with E-state index in [-0.39, 0.29) is 5.69 Å². The van der Waals surface area contributed by atoms with Gasteiger partial charge in [0.25, 0.3) is 0 Å². The van der Waals surface area contributed by atoms with Crippen LogP contribution in [0.25, 0.3) is 10.9 Å². The molecule has 1 aromatic carbocycles. The van der Waals surface area contributed by atoms with E-state index in [2.05, 4.69) is 9.88 Å². The summed E-state index contributed by atoms with van der Waals surface area (Å²) >= 11 is 0. The summed E-state index contributed by atoms with van der Waals surface area (Å²) < 4.78 is 5.19. The number of ether oxygens (including phenoxy) is 1. The molecule has 1 heterocycles. The standard InChI is InChI=1S/C16H18N2O3/c1-21-9-8-18(11-6-7-11)15-10-14(16(19)20)17-13-5-3-2-4-12(13)15/h2-5,10-11H,6-9H2,1H3,(H,19,20). The zero-order valence-electron chi connectivity index (χ0n) is 12.0. The number of hydrogen-bond acceptors (Lipinski definition) is 4. The van der Waals surface area contributed by atoms with E-state index < -0.39 is 5.97 Å². The van der Waals surface area contributed by atoms with Crippen molar-refractivity contribution in [2.24, 2.45) is 0 Å². The highest BCUT2D eigenvalue weighted by atomic mass is 16.5. The van der Waals surface area contributed by atoms with Gasteiger partial charge < -0.3 is 14.7 Å². The molecule has 3 rings (SSSR count). The molecule has 1 saturated carbocycles. The average molecular weight is 286 g/mol. The minimum atomic E-state index is -0.996. The molecule has 1 aromatic heterocycles. The minimum Gasteiger partial charge on any atom is -0.477 e. The number of benzene rings is 1. The summed E-state index contributed by atoms with van der Waals surface area (Å²) in [5.41, 5.74) is 1.75. The lowest BCUT2D eigenvalue weighted by molar-refractivity contribution is 0.0691. The molecule has 1 aliphatic carbocycles. The van der Waals surface area contributed by atoms with Crippen molar-refractivity contribution in [2.75, 3.05) is 25.2 Å². The molecule has 2 aromatic rings. The van der Waals surface area contributed by atoms with Gasteiger partial charge in [0.05, 0.1) is 12.1 Å². The number of fused-ring (bicyclic) bond motifs is 1. The lowest BCUT2D eigenvalue weighted by Crippen LogP contribution is -2.30. The van der Waals surface area contributed by atoms with Crippen molar-refractivity contribution < 1.29 is 14.6 Å². The average Bonchev–Trinajstić information content (AvgIpc) is 3.32. The quantitative estimate of drug-likeness (QED) is 0.884. The minimum absolute atomic E-state index is 0.0896. The van der Waals surface area contributed by atoms with Gasteiger partial charge in [-0.25, -0.2) is 9.78 Å². The number of rotatable bonds is 6. The summed E-state index contributed by atoms with van der Waals surface area (Å²) in [6.07, 6.45) is 2.28. The summed E-state index contributed by atoms with van der Waals surface area (Å²) in [4.78, 5) is 17.8. The molecule has 1 aliphatic rings. The molecule has 0 aliphatic heterocycles. The van der Waals surface area contributed by atoms with E-state index in [0.29, 0.717) is 12.6 Å². The smallest absolute Gasteiger partial charge is 0.354 e. The van der Waals surface area contributed by atoms with Gasteiger partial charge in [0.2, 0.25) is 0 Å². The van der Waals surface area contributed by atoms with Gasteiger partial charge in [-0.3, -0.25) is 0 Å². The predicted molar refractivity (Wildman–Crippen MR) is 80.9 cm³/mol. The van der Waals surface area contributed by atoms with Crippen molar-refractivity contribution in [2.45, 2.75) is 18.9 Å². The molecule has 110 valence electrons. The largest absolute Gasteiger partial charge is 0.477 e. The Kier molecular flexibility index (Phi) is 3.75. The lowest BCUT2D eigenvalue weighted by Gasteiger charge is -2.26. The number of carboxylic acids is 1. The highest BCUT2D eigenvalue weighted by molar-refractivity contribution is 5.97. The highest BCUT2D eigenvalue weighted by Gasteiger charge is 2.30. The van der Waals surface area contributed by atoms with Gasteiger partial charge in [0.1, 0.15) is 0 Å². The van der Waals surface area contributed by atoms with Crippen LogP contribution in [0.15, 0.2) is 30.3 Å². The molecule has 0 saturated heterocycles. The van der Waals surface area contributed by atoms with Crippen molar-refractivity contribution in [3.63, 3.8) is 0 Å². The Morgan fingerprint density at radius 3 is 2.86 bits per heavy atom. The molecular formula is C16H18N2O3. The Labute approximate surface area is 123 Å². The molecule has 0 bridgehead atoms. The molecule has 0 atom stereocenters. The van der Waals surface area contributed by atoms with Gasteiger partial charge >= 0.3 is 5.97 Å². The highest BCUT2D eigenvalue weighted by Crippen LogP contribution is 2.35. The third kappa shape index (κ3) is 2.83. The third-order valence-corrected chi connectivity index (χ3v) is 3.75. The van der Waals surface area contributed by atoms with E-state index >= 15 is 0 Å². The normalized spacial score (nSPS) is 14.3. The fourth-order valence-electron chi connectivity index (χ4n) is 2.58. The van der Waals surface area contributed by atoms with Crippen molar-refractivity contribution >= 4 is 22.6 Å². The maximum Gasteiger partial charge on any atom is 0.354 e. The van der Waals surface area contributed by atoms with Crippen LogP contribution in [-0.2, 0) is 4.74 Å². The molecule has 5 nitrogen and oxygen atoms in total.